The number of carboxylic acid groups (broad SMARTS) is 1. The van der Waals surface area contributed by atoms with E-state index in [0.29, 0.717) is 11.4 Å². The third-order valence-electron chi connectivity index (χ3n) is 6.60. The monoisotopic (exact) mass is 447 g/mol. The minimum atomic E-state index is -1.42. The molecule has 5 rings (SSSR count). The predicted octanol–water partition coefficient (Wildman–Crippen LogP) is 5.19. The molecule has 2 aliphatic rings. The molecular weight excluding hydrogens is 426 g/mol. The summed E-state index contributed by atoms with van der Waals surface area (Å²) in [4.78, 5) is 24.9. The Bertz CT molecular complexity index is 1180. The molecule has 0 radical (unpaired) electrons. The van der Waals surface area contributed by atoms with Crippen LogP contribution in [0.2, 0.25) is 5.02 Å². The second kappa shape index (κ2) is 7.99. The molecule has 0 heterocycles. The summed E-state index contributed by atoms with van der Waals surface area (Å²) in [6.45, 7) is 0.137. The average Bonchev–Trinajstić information content (AvgIpc) is 3.11. The van der Waals surface area contributed by atoms with Gasteiger partial charge in [0, 0.05) is 17.4 Å². The number of hydrogen-bond donors (Lipinski definition) is 2. The molecule has 0 aliphatic heterocycles. The van der Waals surface area contributed by atoms with E-state index in [1.165, 1.54) is 0 Å². The van der Waals surface area contributed by atoms with Crippen LogP contribution in [0.15, 0.2) is 66.7 Å². The van der Waals surface area contributed by atoms with E-state index in [4.69, 9.17) is 16.3 Å². The molecule has 2 N–H and O–H groups in total. The first kappa shape index (κ1) is 20.6. The van der Waals surface area contributed by atoms with Gasteiger partial charge in [-0.05, 0) is 52.3 Å². The summed E-state index contributed by atoms with van der Waals surface area (Å²) in [6.07, 6.45) is 0.177. The van der Waals surface area contributed by atoms with Crippen molar-refractivity contribution in [3.05, 3.63) is 94.0 Å². The highest BCUT2D eigenvalue weighted by Gasteiger charge is 2.44. The maximum atomic E-state index is 12.8. The van der Waals surface area contributed by atoms with Gasteiger partial charge in [0.25, 0.3) is 0 Å². The van der Waals surface area contributed by atoms with E-state index in [0.717, 1.165) is 33.4 Å². The number of carbonyl (C=O) groups excluding carboxylic acids is 1. The van der Waals surface area contributed by atoms with E-state index in [2.05, 4.69) is 17.4 Å². The third kappa shape index (κ3) is 3.43. The van der Waals surface area contributed by atoms with Gasteiger partial charge in [-0.2, -0.15) is 0 Å². The zero-order valence-electron chi connectivity index (χ0n) is 17.3. The molecule has 32 heavy (non-hydrogen) atoms. The minimum Gasteiger partial charge on any atom is -0.479 e. The van der Waals surface area contributed by atoms with Gasteiger partial charge in [-0.1, -0.05) is 72.3 Å². The fraction of sp³-hybridized carbons (Fsp3) is 0.231. The number of rotatable bonds is 4. The van der Waals surface area contributed by atoms with E-state index >= 15 is 0 Å². The summed E-state index contributed by atoms with van der Waals surface area (Å²) in [6, 6.07) is 21.6. The van der Waals surface area contributed by atoms with Crippen molar-refractivity contribution in [1.82, 2.24) is 5.32 Å². The van der Waals surface area contributed by atoms with Crippen molar-refractivity contribution < 1.29 is 19.4 Å². The first-order valence-electron chi connectivity index (χ1n) is 10.6. The SMILES string of the molecule is O=C(NC1(C(=O)O)CCc2c(Cl)cccc2C1)OCC1c2ccccc2-c2ccccc21. The number of carboxylic acids is 1. The summed E-state index contributed by atoms with van der Waals surface area (Å²) in [7, 11) is 0. The molecule has 3 aromatic carbocycles. The van der Waals surface area contributed by atoms with Crippen molar-refractivity contribution in [2.75, 3.05) is 6.61 Å². The molecule has 0 saturated carbocycles. The fourth-order valence-corrected chi connectivity index (χ4v) is 5.26. The van der Waals surface area contributed by atoms with E-state index in [1.54, 1.807) is 12.1 Å². The Hall–Kier alpha value is -3.31. The quantitative estimate of drug-likeness (QED) is 0.577. The van der Waals surface area contributed by atoms with Crippen LogP contribution in [-0.2, 0) is 22.4 Å². The molecule has 0 aromatic heterocycles. The van der Waals surface area contributed by atoms with Crippen LogP contribution < -0.4 is 5.32 Å². The Kier molecular flexibility index (Phi) is 5.14. The van der Waals surface area contributed by atoms with Crippen molar-refractivity contribution in [3.63, 3.8) is 0 Å². The smallest absolute Gasteiger partial charge is 0.408 e. The number of hydrogen-bond acceptors (Lipinski definition) is 3. The average molecular weight is 448 g/mol. The summed E-state index contributed by atoms with van der Waals surface area (Å²) in [5.41, 5.74) is 4.86. The number of nitrogens with one attached hydrogen (secondary N) is 1. The van der Waals surface area contributed by atoms with Gasteiger partial charge in [0.05, 0.1) is 0 Å². The lowest BCUT2D eigenvalue weighted by Gasteiger charge is -2.35. The Labute approximate surface area is 191 Å². The largest absolute Gasteiger partial charge is 0.479 e. The van der Waals surface area contributed by atoms with Crippen molar-refractivity contribution in [2.45, 2.75) is 30.7 Å². The zero-order chi connectivity index (χ0) is 22.3. The van der Waals surface area contributed by atoms with Crippen LogP contribution in [0.25, 0.3) is 11.1 Å². The normalized spacial score (nSPS) is 18.9. The number of aliphatic carboxylic acids is 1. The molecule has 5 nitrogen and oxygen atoms in total. The van der Waals surface area contributed by atoms with Crippen molar-refractivity contribution in [1.29, 1.82) is 0 Å². The van der Waals surface area contributed by atoms with Crippen LogP contribution in [0.3, 0.4) is 0 Å². The molecule has 1 atom stereocenters. The summed E-state index contributed by atoms with van der Waals surface area (Å²) >= 11 is 6.27. The molecule has 1 unspecified atom stereocenters. The maximum Gasteiger partial charge on any atom is 0.408 e. The Morgan fingerprint density at radius 3 is 2.31 bits per heavy atom. The fourth-order valence-electron chi connectivity index (χ4n) is 4.97. The highest BCUT2D eigenvalue weighted by Crippen LogP contribution is 2.44. The number of alkyl carbamates (subject to hydrolysis) is 1. The Morgan fingerprint density at radius 1 is 1.00 bits per heavy atom. The van der Waals surface area contributed by atoms with Crippen molar-refractivity contribution >= 4 is 23.7 Å². The van der Waals surface area contributed by atoms with Crippen LogP contribution in [-0.4, -0.2) is 29.3 Å². The number of halogens is 1. The Morgan fingerprint density at radius 2 is 1.66 bits per heavy atom. The lowest BCUT2D eigenvalue weighted by atomic mass is 9.78. The van der Waals surface area contributed by atoms with Gasteiger partial charge in [-0.3, -0.25) is 0 Å². The van der Waals surface area contributed by atoms with Gasteiger partial charge in [0.2, 0.25) is 0 Å². The zero-order valence-corrected chi connectivity index (χ0v) is 18.1. The molecule has 2 aliphatic carbocycles. The standard InChI is InChI=1S/C26H22ClNO4/c27-23-11-5-6-16-14-26(24(29)30,13-12-17(16)23)28-25(31)32-15-22-20-9-3-1-7-18(20)19-8-2-4-10-21(19)22/h1-11,22H,12-15H2,(H,28,31)(H,29,30). The summed E-state index contributed by atoms with van der Waals surface area (Å²) in [5.74, 6) is -1.16. The van der Waals surface area contributed by atoms with Gasteiger partial charge < -0.3 is 15.2 Å². The second-order valence-corrected chi connectivity index (χ2v) is 8.80. The van der Waals surface area contributed by atoms with E-state index in [1.807, 2.05) is 42.5 Å². The number of ether oxygens (including phenoxy) is 1. The van der Waals surface area contributed by atoms with Gasteiger partial charge >= 0.3 is 12.1 Å². The lowest BCUT2D eigenvalue weighted by molar-refractivity contribution is -0.145. The summed E-state index contributed by atoms with van der Waals surface area (Å²) < 4.78 is 5.59. The van der Waals surface area contributed by atoms with Crippen LogP contribution in [0.1, 0.15) is 34.6 Å². The second-order valence-electron chi connectivity index (χ2n) is 8.39. The van der Waals surface area contributed by atoms with Gasteiger partial charge in [-0.15, -0.1) is 0 Å². The van der Waals surface area contributed by atoms with E-state index in [9.17, 15) is 14.7 Å². The van der Waals surface area contributed by atoms with Crippen LogP contribution in [0.4, 0.5) is 4.79 Å². The van der Waals surface area contributed by atoms with Crippen LogP contribution in [0.5, 0.6) is 0 Å². The molecule has 3 aromatic rings. The molecule has 1 amide bonds. The van der Waals surface area contributed by atoms with E-state index in [-0.39, 0.29) is 25.4 Å². The molecular formula is C26H22ClNO4. The maximum absolute atomic E-state index is 12.8. The minimum absolute atomic E-state index is 0.0835. The van der Waals surface area contributed by atoms with Crippen molar-refractivity contribution in [2.24, 2.45) is 0 Å². The highest BCUT2D eigenvalue weighted by molar-refractivity contribution is 6.31. The van der Waals surface area contributed by atoms with Crippen molar-refractivity contribution in [3.8, 4) is 11.1 Å². The topological polar surface area (TPSA) is 75.6 Å². The third-order valence-corrected chi connectivity index (χ3v) is 6.96. The van der Waals surface area contributed by atoms with Gasteiger partial charge in [0.1, 0.15) is 12.1 Å². The van der Waals surface area contributed by atoms with Crippen LogP contribution in [0, 0.1) is 0 Å². The van der Waals surface area contributed by atoms with E-state index < -0.39 is 17.6 Å². The molecule has 0 fully saturated rings. The molecule has 0 bridgehead atoms. The number of carbonyl (C=O) groups is 2. The van der Waals surface area contributed by atoms with Crippen LogP contribution >= 0.6 is 11.6 Å². The number of amides is 1. The molecule has 6 heteroatoms. The number of benzene rings is 3. The first-order valence-corrected chi connectivity index (χ1v) is 11.0. The van der Waals surface area contributed by atoms with Gasteiger partial charge in [-0.25, -0.2) is 9.59 Å². The predicted molar refractivity (Wildman–Crippen MR) is 122 cm³/mol. The molecule has 0 saturated heterocycles. The lowest BCUT2D eigenvalue weighted by Crippen LogP contribution is -2.58. The first-order chi connectivity index (χ1) is 15.5. The molecule has 0 spiro atoms. The summed E-state index contributed by atoms with van der Waals surface area (Å²) in [5, 5.41) is 13.3. The number of fused-ring (bicyclic) bond motifs is 4. The van der Waals surface area contributed by atoms with Gasteiger partial charge in [0.15, 0.2) is 0 Å². The molecule has 162 valence electrons. The highest BCUT2D eigenvalue weighted by atomic mass is 35.5. The Balaban J connectivity index is 1.33.